The summed E-state index contributed by atoms with van der Waals surface area (Å²) < 4.78 is 13.2. The zero-order valence-corrected chi connectivity index (χ0v) is 10.4. The lowest BCUT2D eigenvalue weighted by Crippen LogP contribution is -2.04. The molecule has 0 unspecified atom stereocenters. The van der Waals surface area contributed by atoms with Crippen LogP contribution in [0.1, 0.15) is 21.1 Å². The first-order valence-electron chi connectivity index (χ1n) is 5.24. The van der Waals surface area contributed by atoms with Crippen molar-refractivity contribution in [2.45, 2.75) is 13.5 Å². The molecule has 18 heavy (non-hydrogen) atoms. The van der Waals surface area contributed by atoms with E-state index in [2.05, 4.69) is 10.3 Å². The predicted octanol–water partition coefficient (Wildman–Crippen LogP) is 2.90. The molecule has 2 rings (SSSR count). The van der Waals surface area contributed by atoms with Crippen LogP contribution in [-0.2, 0) is 6.54 Å². The summed E-state index contributed by atoms with van der Waals surface area (Å²) in [6.45, 7) is 2.39. The number of thiazole rings is 1. The summed E-state index contributed by atoms with van der Waals surface area (Å²) in [7, 11) is 0. The molecule has 2 N–H and O–H groups in total. The van der Waals surface area contributed by atoms with Crippen molar-refractivity contribution in [1.29, 1.82) is 0 Å². The largest absolute Gasteiger partial charge is 0.478 e. The van der Waals surface area contributed by atoms with E-state index < -0.39 is 11.8 Å². The number of carbonyl (C=O) groups is 1. The number of anilines is 1. The van der Waals surface area contributed by atoms with Gasteiger partial charge in [0.15, 0.2) is 0 Å². The molecule has 0 radical (unpaired) electrons. The Hall–Kier alpha value is -1.95. The van der Waals surface area contributed by atoms with Crippen LogP contribution < -0.4 is 5.32 Å². The maximum absolute atomic E-state index is 13.2. The molecular formula is C12H11FN2O2S. The van der Waals surface area contributed by atoms with Gasteiger partial charge in [-0.15, -0.1) is 11.3 Å². The van der Waals surface area contributed by atoms with Crippen molar-refractivity contribution in [3.63, 3.8) is 0 Å². The minimum Gasteiger partial charge on any atom is -0.478 e. The summed E-state index contributed by atoms with van der Waals surface area (Å²) in [5, 5.41) is 14.6. The fraction of sp³-hybridized carbons (Fsp3) is 0.167. The van der Waals surface area contributed by atoms with Crippen LogP contribution in [0, 0.1) is 12.7 Å². The maximum Gasteiger partial charge on any atom is 0.338 e. The average Bonchev–Trinajstić information content (AvgIpc) is 2.74. The molecule has 4 nitrogen and oxygen atoms in total. The number of aromatic carboxylic acids is 1. The van der Waals surface area contributed by atoms with Gasteiger partial charge >= 0.3 is 5.97 Å². The van der Waals surface area contributed by atoms with Crippen molar-refractivity contribution >= 4 is 23.0 Å². The lowest BCUT2D eigenvalue weighted by atomic mass is 10.2. The van der Waals surface area contributed by atoms with E-state index in [-0.39, 0.29) is 5.56 Å². The van der Waals surface area contributed by atoms with Crippen LogP contribution in [0.4, 0.5) is 10.1 Å². The fourth-order valence-electron chi connectivity index (χ4n) is 1.46. The van der Waals surface area contributed by atoms with Crippen LogP contribution in [-0.4, -0.2) is 16.1 Å². The Morgan fingerprint density at radius 2 is 2.33 bits per heavy atom. The molecule has 0 aliphatic carbocycles. The highest BCUT2D eigenvalue weighted by Gasteiger charge is 2.10. The first-order chi connectivity index (χ1) is 8.56. The van der Waals surface area contributed by atoms with Gasteiger partial charge in [-0.25, -0.2) is 14.2 Å². The highest BCUT2D eigenvalue weighted by atomic mass is 32.1. The molecule has 0 amide bonds. The number of hydrogen-bond acceptors (Lipinski definition) is 4. The highest BCUT2D eigenvalue weighted by molar-refractivity contribution is 7.09. The van der Waals surface area contributed by atoms with E-state index in [1.165, 1.54) is 23.5 Å². The molecular weight excluding hydrogens is 255 g/mol. The molecule has 0 bridgehead atoms. The molecule has 0 saturated heterocycles. The Kier molecular flexibility index (Phi) is 3.57. The Balaban J connectivity index is 2.10. The van der Waals surface area contributed by atoms with Gasteiger partial charge in [0.25, 0.3) is 0 Å². The van der Waals surface area contributed by atoms with E-state index in [1.54, 1.807) is 0 Å². The number of rotatable bonds is 4. The highest BCUT2D eigenvalue weighted by Crippen LogP contribution is 2.17. The van der Waals surface area contributed by atoms with Gasteiger partial charge in [-0.3, -0.25) is 0 Å². The molecule has 0 fully saturated rings. The van der Waals surface area contributed by atoms with Gasteiger partial charge in [0.2, 0.25) is 0 Å². The molecule has 6 heteroatoms. The summed E-state index contributed by atoms with van der Waals surface area (Å²) in [6, 6.07) is 3.92. The summed E-state index contributed by atoms with van der Waals surface area (Å²) in [5.41, 5.74) is 1.17. The van der Waals surface area contributed by atoms with Crippen molar-refractivity contribution < 1.29 is 14.3 Å². The quantitative estimate of drug-likeness (QED) is 0.893. The molecule has 0 aliphatic heterocycles. The van der Waals surface area contributed by atoms with Crippen LogP contribution in [0.5, 0.6) is 0 Å². The van der Waals surface area contributed by atoms with E-state index in [0.717, 1.165) is 16.8 Å². The fourth-order valence-corrected chi connectivity index (χ4v) is 2.17. The van der Waals surface area contributed by atoms with E-state index in [1.807, 2.05) is 12.3 Å². The smallest absolute Gasteiger partial charge is 0.338 e. The normalized spacial score (nSPS) is 10.3. The SMILES string of the molecule is Cc1csc(CNc2ccc(F)c(C(=O)O)c2)n1. The Morgan fingerprint density at radius 3 is 2.94 bits per heavy atom. The summed E-state index contributed by atoms with van der Waals surface area (Å²) in [4.78, 5) is 15.0. The molecule has 0 saturated carbocycles. The number of carboxylic acid groups (broad SMARTS) is 1. The Labute approximate surface area is 107 Å². The maximum atomic E-state index is 13.2. The zero-order chi connectivity index (χ0) is 13.1. The Morgan fingerprint density at radius 1 is 1.56 bits per heavy atom. The van der Waals surface area contributed by atoms with Gasteiger partial charge in [0.05, 0.1) is 12.1 Å². The van der Waals surface area contributed by atoms with Gasteiger partial charge in [0.1, 0.15) is 10.8 Å². The number of aromatic nitrogens is 1. The molecule has 1 heterocycles. The van der Waals surface area contributed by atoms with Gasteiger partial charge in [-0.1, -0.05) is 0 Å². The predicted molar refractivity (Wildman–Crippen MR) is 67.5 cm³/mol. The minimum absolute atomic E-state index is 0.338. The number of halogens is 1. The van der Waals surface area contributed by atoms with Crippen molar-refractivity contribution in [2.75, 3.05) is 5.32 Å². The molecule has 1 aromatic heterocycles. The third-order valence-corrected chi connectivity index (χ3v) is 3.27. The number of aryl methyl sites for hydroxylation is 1. The molecule has 0 atom stereocenters. The third kappa shape index (κ3) is 2.84. The van der Waals surface area contributed by atoms with Gasteiger partial charge in [0, 0.05) is 16.8 Å². The summed E-state index contributed by atoms with van der Waals surface area (Å²) >= 11 is 1.52. The monoisotopic (exact) mass is 266 g/mol. The van der Waals surface area contributed by atoms with E-state index >= 15 is 0 Å². The summed E-state index contributed by atoms with van der Waals surface area (Å²) in [6.07, 6.45) is 0. The first-order valence-corrected chi connectivity index (χ1v) is 6.12. The molecule has 94 valence electrons. The average molecular weight is 266 g/mol. The molecule has 2 aromatic rings. The first kappa shape index (κ1) is 12.5. The standard InChI is InChI=1S/C12H11FN2O2S/c1-7-6-18-11(15-7)5-14-8-2-3-10(13)9(4-8)12(16)17/h2-4,6,14H,5H2,1H3,(H,16,17). The lowest BCUT2D eigenvalue weighted by Gasteiger charge is -2.05. The van der Waals surface area contributed by atoms with Crippen LogP contribution in [0.2, 0.25) is 0 Å². The van der Waals surface area contributed by atoms with Crippen LogP contribution in [0.15, 0.2) is 23.6 Å². The van der Waals surface area contributed by atoms with Gasteiger partial charge in [-0.2, -0.15) is 0 Å². The number of nitrogens with zero attached hydrogens (tertiary/aromatic N) is 1. The van der Waals surface area contributed by atoms with Crippen molar-refractivity contribution in [2.24, 2.45) is 0 Å². The molecule has 0 aliphatic rings. The number of carboxylic acids is 1. The van der Waals surface area contributed by atoms with Crippen LogP contribution in [0.25, 0.3) is 0 Å². The number of benzene rings is 1. The summed E-state index contributed by atoms with van der Waals surface area (Å²) in [5.74, 6) is -2.01. The zero-order valence-electron chi connectivity index (χ0n) is 9.61. The van der Waals surface area contributed by atoms with Crippen molar-refractivity contribution in [3.05, 3.63) is 45.7 Å². The lowest BCUT2D eigenvalue weighted by molar-refractivity contribution is 0.0692. The van der Waals surface area contributed by atoms with Gasteiger partial charge < -0.3 is 10.4 Å². The number of hydrogen-bond donors (Lipinski definition) is 2. The van der Waals surface area contributed by atoms with E-state index in [9.17, 15) is 9.18 Å². The van der Waals surface area contributed by atoms with E-state index in [0.29, 0.717) is 12.2 Å². The minimum atomic E-state index is -1.28. The van der Waals surface area contributed by atoms with Crippen molar-refractivity contribution in [3.8, 4) is 0 Å². The second-order valence-corrected chi connectivity index (χ2v) is 4.68. The number of nitrogens with one attached hydrogen (secondary N) is 1. The second-order valence-electron chi connectivity index (χ2n) is 3.74. The third-order valence-electron chi connectivity index (χ3n) is 2.31. The van der Waals surface area contributed by atoms with Crippen molar-refractivity contribution in [1.82, 2.24) is 4.98 Å². The molecule has 0 spiro atoms. The van der Waals surface area contributed by atoms with Crippen LogP contribution >= 0.6 is 11.3 Å². The second kappa shape index (κ2) is 5.14. The van der Waals surface area contributed by atoms with Crippen LogP contribution in [0.3, 0.4) is 0 Å². The van der Waals surface area contributed by atoms with Gasteiger partial charge in [-0.05, 0) is 25.1 Å². The Bertz CT molecular complexity index is 583. The topological polar surface area (TPSA) is 62.2 Å². The molecule has 1 aromatic carbocycles. The van der Waals surface area contributed by atoms with E-state index in [4.69, 9.17) is 5.11 Å².